The molecule has 1 aliphatic heterocycles. The molecule has 1 amide bonds. The lowest BCUT2D eigenvalue weighted by Crippen LogP contribution is -2.32. The van der Waals surface area contributed by atoms with Crippen molar-refractivity contribution in [2.24, 2.45) is 0 Å². The van der Waals surface area contributed by atoms with Crippen molar-refractivity contribution in [3.8, 4) is 5.75 Å². The first-order chi connectivity index (χ1) is 13.2. The van der Waals surface area contributed by atoms with E-state index in [-0.39, 0.29) is 12.5 Å². The number of anilines is 2. The molecular weight excluding hydrogens is 338 g/mol. The number of pyridine rings is 1. The van der Waals surface area contributed by atoms with E-state index in [0.717, 1.165) is 22.8 Å². The average molecular weight is 359 g/mol. The smallest absolute Gasteiger partial charge is 0.261 e. The van der Waals surface area contributed by atoms with Gasteiger partial charge in [-0.15, -0.1) is 0 Å². The molecule has 1 aliphatic rings. The van der Waals surface area contributed by atoms with Crippen LogP contribution in [0.4, 0.5) is 11.5 Å². The lowest BCUT2D eigenvalue weighted by atomic mass is 10.2. The van der Waals surface area contributed by atoms with Crippen molar-refractivity contribution in [1.82, 2.24) is 9.88 Å². The molecule has 2 aromatic carbocycles. The molecule has 5 heteroatoms. The van der Waals surface area contributed by atoms with Crippen LogP contribution in [0.25, 0.3) is 0 Å². The molecule has 0 saturated heterocycles. The van der Waals surface area contributed by atoms with Crippen LogP contribution >= 0.6 is 0 Å². The molecule has 27 heavy (non-hydrogen) atoms. The van der Waals surface area contributed by atoms with E-state index in [4.69, 9.17) is 9.72 Å². The Morgan fingerprint density at radius 3 is 2.44 bits per heavy atom. The Morgan fingerprint density at radius 1 is 1.00 bits per heavy atom. The van der Waals surface area contributed by atoms with Gasteiger partial charge in [0.05, 0.1) is 6.54 Å². The van der Waals surface area contributed by atoms with E-state index < -0.39 is 0 Å². The Kier molecular flexibility index (Phi) is 4.75. The maximum Gasteiger partial charge on any atom is 0.261 e. The van der Waals surface area contributed by atoms with Gasteiger partial charge in [-0.1, -0.05) is 48.5 Å². The normalized spacial score (nSPS) is 13.5. The topological polar surface area (TPSA) is 45.7 Å². The molecule has 1 aromatic heterocycles. The number of carbonyl (C=O) groups is 1. The molecule has 0 saturated carbocycles. The summed E-state index contributed by atoms with van der Waals surface area (Å²) in [5, 5.41) is 0. The predicted molar refractivity (Wildman–Crippen MR) is 105 cm³/mol. The van der Waals surface area contributed by atoms with Crippen LogP contribution in [-0.2, 0) is 17.9 Å². The van der Waals surface area contributed by atoms with Crippen LogP contribution in [0.3, 0.4) is 0 Å². The molecular formula is C22H21N3O2. The standard InChI is InChI=1S/C22H21N3O2/c1-24(18-10-6-3-7-11-18)21-13-12-20-19(23-21)15-25(22(26)16-27-20)14-17-8-4-2-5-9-17/h2-13H,14-16H2,1H3. The van der Waals surface area contributed by atoms with Gasteiger partial charge in [-0.05, 0) is 29.8 Å². The lowest BCUT2D eigenvalue weighted by molar-refractivity contribution is -0.133. The highest BCUT2D eigenvalue weighted by Crippen LogP contribution is 2.28. The minimum absolute atomic E-state index is 0.0326. The number of fused-ring (bicyclic) bond motifs is 1. The van der Waals surface area contributed by atoms with Crippen LogP contribution < -0.4 is 9.64 Å². The molecule has 0 spiro atoms. The summed E-state index contributed by atoms with van der Waals surface area (Å²) in [6.45, 7) is 1.01. The molecule has 0 radical (unpaired) electrons. The van der Waals surface area contributed by atoms with Crippen LogP contribution in [0.1, 0.15) is 11.3 Å². The fourth-order valence-corrected chi connectivity index (χ4v) is 3.14. The zero-order valence-corrected chi connectivity index (χ0v) is 15.2. The van der Waals surface area contributed by atoms with Crippen molar-refractivity contribution in [1.29, 1.82) is 0 Å². The molecule has 2 heterocycles. The number of hydrogen-bond acceptors (Lipinski definition) is 4. The molecule has 0 aliphatic carbocycles. The second-order valence-corrected chi connectivity index (χ2v) is 6.53. The Hall–Kier alpha value is -3.34. The first kappa shape index (κ1) is 17.1. The maximum atomic E-state index is 12.5. The van der Waals surface area contributed by atoms with Gasteiger partial charge in [0.15, 0.2) is 6.61 Å². The fraction of sp³-hybridized carbons (Fsp3) is 0.182. The Balaban J connectivity index is 1.60. The summed E-state index contributed by atoms with van der Waals surface area (Å²) in [4.78, 5) is 21.1. The number of aromatic nitrogens is 1. The highest BCUT2D eigenvalue weighted by molar-refractivity contribution is 5.78. The van der Waals surface area contributed by atoms with E-state index >= 15 is 0 Å². The number of nitrogens with zero attached hydrogens (tertiary/aromatic N) is 3. The third kappa shape index (κ3) is 3.77. The number of ether oxygens (including phenoxy) is 1. The number of amides is 1. The van der Waals surface area contributed by atoms with Crippen molar-refractivity contribution in [2.45, 2.75) is 13.1 Å². The molecule has 4 rings (SSSR count). The minimum atomic E-state index is -0.0326. The van der Waals surface area contributed by atoms with Crippen LogP contribution in [-0.4, -0.2) is 29.4 Å². The highest BCUT2D eigenvalue weighted by atomic mass is 16.5. The lowest BCUT2D eigenvalue weighted by Gasteiger charge is -2.21. The van der Waals surface area contributed by atoms with Crippen LogP contribution in [0, 0.1) is 0 Å². The quantitative estimate of drug-likeness (QED) is 0.711. The van der Waals surface area contributed by atoms with E-state index in [1.807, 2.05) is 84.7 Å². The van der Waals surface area contributed by atoms with Gasteiger partial charge in [0, 0.05) is 19.3 Å². The van der Waals surface area contributed by atoms with Crippen LogP contribution in [0.15, 0.2) is 72.8 Å². The van der Waals surface area contributed by atoms with Gasteiger partial charge in [0.1, 0.15) is 17.3 Å². The summed E-state index contributed by atoms with van der Waals surface area (Å²) in [5.41, 5.74) is 2.92. The second-order valence-electron chi connectivity index (χ2n) is 6.53. The highest BCUT2D eigenvalue weighted by Gasteiger charge is 2.23. The Labute approximate surface area is 158 Å². The fourth-order valence-electron chi connectivity index (χ4n) is 3.14. The first-order valence-electron chi connectivity index (χ1n) is 8.94. The number of para-hydroxylation sites is 1. The Morgan fingerprint density at radius 2 is 1.70 bits per heavy atom. The zero-order chi connectivity index (χ0) is 18.6. The van der Waals surface area contributed by atoms with Crippen molar-refractivity contribution in [3.05, 3.63) is 84.1 Å². The monoisotopic (exact) mass is 359 g/mol. The largest absolute Gasteiger partial charge is 0.482 e. The molecule has 0 bridgehead atoms. The molecule has 0 unspecified atom stereocenters. The van der Waals surface area contributed by atoms with Gasteiger partial charge in [0.2, 0.25) is 0 Å². The van der Waals surface area contributed by atoms with Crippen molar-refractivity contribution >= 4 is 17.4 Å². The van der Waals surface area contributed by atoms with Crippen molar-refractivity contribution in [3.63, 3.8) is 0 Å². The summed E-state index contributed by atoms with van der Waals surface area (Å²) >= 11 is 0. The Bertz CT molecular complexity index is 929. The van der Waals surface area contributed by atoms with E-state index in [2.05, 4.69) is 0 Å². The molecule has 0 N–H and O–H groups in total. The second kappa shape index (κ2) is 7.50. The van der Waals surface area contributed by atoms with Crippen molar-refractivity contribution < 1.29 is 9.53 Å². The van der Waals surface area contributed by atoms with Crippen molar-refractivity contribution in [2.75, 3.05) is 18.6 Å². The SMILES string of the molecule is CN(c1ccccc1)c1ccc2c(n1)CN(Cc1ccccc1)C(=O)CO2. The van der Waals surface area contributed by atoms with Gasteiger partial charge < -0.3 is 14.5 Å². The summed E-state index contributed by atoms with van der Waals surface area (Å²) in [6.07, 6.45) is 0. The summed E-state index contributed by atoms with van der Waals surface area (Å²) < 4.78 is 5.70. The number of rotatable bonds is 4. The molecule has 3 aromatic rings. The summed E-state index contributed by atoms with van der Waals surface area (Å²) in [6, 6.07) is 23.9. The van der Waals surface area contributed by atoms with E-state index in [1.165, 1.54) is 0 Å². The number of benzene rings is 2. The number of hydrogen-bond donors (Lipinski definition) is 0. The summed E-state index contributed by atoms with van der Waals surface area (Å²) in [5.74, 6) is 1.46. The van der Waals surface area contributed by atoms with Gasteiger partial charge >= 0.3 is 0 Å². The average Bonchev–Trinajstić information content (AvgIpc) is 2.87. The van der Waals surface area contributed by atoms with Gasteiger partial charge in [-0.25, -0.2) is 4.98 Å². The third-order valence-electron chi connectivity index (χ3n) is 4.67. The number of carbonyl (C=O) groups excluding carboxylic acids is 1. The van der Waals surface area contributed by atoms with Gasteiger partial charge in [0.25, 0.3) is 5.91 Å². The van der Waals surface area contributed by atoms with Gasteiger partial charge in [-0.2, -0.15) is 0 Å². The predicted octanol–water partition coefficient (Wildman–Crippen LogP) is 3.77. The maximum absolute atomic E-state index is 12.5. The zero-order valence-electron chi connectivity index (χ0n) is 15.2. The minimum Gasteiger partial charge on any atom is -0.482 e. The van der Waals surface area contributed by atoms with Crippen LogP contribution in [0.5, 0.6) is 5.75 Å². The third-order valence-corrected chi connectivity index (χ3v) is 4.67. The van der Waals surface area contributed by atoms with E-state index in [1.54, 1.807) is 4.90 Å². The van der Waals surface area contributed by atoms with Crippen LogP contribution in [0.2, 0.25) is 0 Å². The van der Waals surface area contributed by atoms with E-state index in [9.17, 15) is 4.79 Å². The molecule has 136 valence electrons. The van der Waals surface area contributed by atoms with Gasteiger partial charge in [-0.3, -0.25) is 4.79 Å². The molecule has 0 atom stereocenters. The molecule has 0 fully saturated rings. The summed E-state index contributed by atoms with van der Waals surface area (Å²) in [7, 11) is 1.98. The van der Waals surface area contributed by atoms with E-state index in [0.29, 0.717) is 18.8 Å². The first-order valence-corrected chi connectivity index (χ1v) is 8.94. The molecule has 5 nitrogen and oxygen atoms in total.